The summed E-state index contributed by atoms with van der Waals surface area (Å²) in [6, 6.07) is 0. The summed E-state index contributed by atoms with van der Waals surface area (Å²) < 4.78 is 0. The van der Waals surface area contributed by atoms with Gasteiger partial charge in [0.2, 0.25) is 0 Å². The van der Waals surface area contributed by atoms with Gasteiger partial charge in [-0.05, 0) is 31.6 Å². The first-order chi connectivity index (χ1) is 5.24. The maximum absolute atomic E-state index is 4.05. The average Bonchev–Trinajstić information content (AvgIpc) is 2.05. The molecule has 0 N–H and O–H groups in total. The summed E-state index contributed by atoms with van der Waals surface area (Å²) in [5.74, 6) is 1.83. The topological polar surface area (TPSA) is 0 Å². The van der Waals surface area contributed by atoms with Crippen LogP contribution >= 0.6 is 0 Å². The van der Waals surface area contributed by atoms with Crippen molar-refractivity contribution < 1.29 is 0 Å². The minimum atomic E-state index is 0.841. The lowest BCUT2D eigenvalue weighted by atomic mass is 9.77. The van der Waals surface area contributed by atoms with Gasteiger partial charge in [0.25, 0.3) is 0 Å². The van der Waals surface area contributed by atoms with Gasteiger partial charge in [-0.2, -0.15) is 0 Å². The second-order valence-corrected chi connectivity index (χ2v) is 3.98. The molecule has 11 heavy (non-hydrogen) atoms. The Bertz CT molecular complexity index is 135. The van der Waals surface area contributed by atoms with Crippen LogP contribution in [0.15, 0.2) is 12.2 Å². The second kappa shape index (κ2) is 3.94. The van der Waals surface area contributed by atoms with E-state index in [4.69, 9.17) is 0 Å². The molecule has 0 aromatic rings. The molecule has 0 spiro atoms. The predicted molar refractivity (Wildman–Crippen MR) is 50.6 cm³/mol. The summed E-state index contributed by atoms with van der Waals surface area (Å²) in [5.41, 5.74) is 1.41. The number of rotatable bonds is 2. The van der Waals surface area contributed by atoms with Crippen LogP contribution in [0.2, 0.25) is 0 Å². The van der Waals surface area contributed by atoms with E-state index < -0.39 is 0 Å². The first-order valence-electron chi connectivity index (χ1n) is 4.89. The Kier molecular flexibility index (Phi) is 3.16. The largest absolute Gasteiger partial charge is 0.0999 e. The maximum Gasteiger partial charge on any atom is -0.0206 e. The van der Waals surface area contributed by atoms with Crippen molar-refractivity contribution in [2.24, 2.45) is 11.8 Å². The van der Waals surface area contributed by atoms with Crippen LogP contribution in [0.25, 0.3) is 0 Å². The number of hydrogen-bond acceptors (Lipinski definition) is 0. The minimum Gasteiger partial charge on any atom is -0.0999 e. The molecule has 0 saturated heterocycles. The highest BCUT2D eigenvalue weighted by Crippen LogP contribution is 2.34. The highest BCUT2D eigenvalue weighted by atomic mass is 14.3. The molecule has 1 rings (SSSR count). The molecule has 1 saturated carbocycles. The Morgan fingerprint density at radius 1 is 1.45 bits per heavy atom. The smallest absolute Gasteiger partial charge is 0.0206 e. The van der Waals surface area contributed by atoms with Gasteiger partial charge in [0.15, 0.2) is 0 Å². The molecule has 64 valence electrons. The molecule has 1 aliphatic rings. The van der Waals surface area contributed by atoms with Gasteiger partial charge in [0, 0.05) is 0 Å². The summed E-state index contributed by atoms with van der Waals surface area (Å²) in [5, 5.41) is 0. The van der Waals surface area contributed by atoms with E-state index in [1.54, 1.807) is 0 Å². The molecule has 0 aromatic carbocycles. The van der Waals surface area contributed by atoms with Crippen LogP contribution in [0.4, 0.5) is 0 Å². The van der Waals surface area contributed by atoms with Crippen molar-refractivity contribution in [3.8, 4) is 0 Å². The lowest BCUT2D eigenvalue weighted by Crippen LogP contribution is -2.15. The highest BCUT2D eigenvalue weighted by molar-refractivity contribution is 4.98. The molecule has 0 aromatic heterocycles. The van der Waals surface area contributed by atoms with Crippen LogP contribution < -0.4 is 0 Å². The molecule has 1 aliphatic carbocycles. The normalized spacial score (nSPS) is 31.8. The molecule has 2 atom stereocenters. The third kappa shape index (κ3) is 2.36. The van der Waals surface area contributed by atoms with E-state index in [1.165, 1.54) is 37.7 Å². The molecule has 0 heteroatoms. The van der Waals surface area contributed by atoms with Crippen LogP contribution in [0.5, 0.6) is 0 Å². The lowest BCUT2D eigenvalue weighted by molar-refractivity contribution is 0.289. The molecule has 0 aliphatic heterocycles. The molecule has 0 bridgehead atoms. The van der Waals surface area contributed by atoms with Crippen molar-refractivity contribution in [1.29, 1.82) is 0 Å². The van der Waals surface area contributed by atoms with E-state index in [-0.39, 0.29) is 0 Å². The molecule has 0 amide bonds. The Morgan fingerprint density at radius 2 is 2.18 bits per heavy atom. The SMILES string of the molecule is C=C(C)[C@@H]1CCC[C@H](CC)C1. The Labute approximate surface area is 70.7 Å². The van der Waals surface area contributed by atoms with Gasteiger partial charge in [-0.25, -0.2) is 0 Å². The summed E-state index contributed by atoms with van der Waals surface area (Å²) >= 11 is 0. The highest BCUT2D eigenvalue weighted by Gasteiger charge is 2.20. The first kappa shape index (κ1) is 8.83. The van der Waals surface area contributed by atoms with Gasteiger partial charge in [0.05, 0.1) is 0 Å². The molecule has 0 radical (unpaired) electrons. The Balaban J connectivity index is 2.39. The van der Waals surface area contributed by atoms with Crippen molar-refractivity contribution >= 4 is 0 Å². The van der Waals surface area contributed by atoms with Gasteiger partial charge in [-0.15, -0.1) is 0 Å². The third-order valence-electron chi connectivity index (χ3n) is 3.06. The second-order valence-electron chi connectivity index (χ2n) is 3.98. The van der Waals surface area contributed by atoms with Crippen molar-refractivity contribution in [1.82, 2.24) is 0 Å². The monoisotopic (exact) mass is 152 g/mol. The Morgan fingerprint density at radius 3 is 2.73 bits per heavy atom. The quantitative estimate of drug-likeness (QED) is 0.528. The maximum atomic E-state index is 4.05. The van der Waals surface area contributed by atoms with Crippen LogP contribution in [0.3, 0.4) is 0 Å². The van der Waals surface area contributed by atoms with Gasteiger partial charge in [-0.1, -0.05) is 38.3 Å². The molecular formula is C11H20. The standard InChI is InChI=1S/C11H20/c1-4-10-6-5-7-11(8-10)9(2)3/h10-11H,2,4-8H2,1,3H3/t10-,11+/m0/s1. The van der Waals surface area contributed by atoms with E-state index in [0.29, 0.717) is 0 Å². The van der Waals surface area contributed by atoms with E-state index >= 15 is 0 Å². The van der Waals surface area contributed by atoms with Gasteiger partial charge >= 0.3 is 0 Å². The third-order valence-corrected chi connectivity index (χ3v) is 3.06. The molecule has 0 unspecified atom stereocenters. The minimum absolute atomic E-state index is 0.841. The van der Waals surface area contributed by atoms with Gasteiger partial charge in [0.1, 0.15) is 0 Å². The summed E-state index contributed by atoms with van der Waals surface area (Å²) in [6.45, 7) is 8.54. The lowest BCUT2D eigenvalue weighted by Gasteiger charge is -2.28. The summed E-state index contributed by atoms with van der Waals surface area (Å²) in [4.78, 5) is 0. The summed E-state index contributed by atoms with van der Waals surface area (Å²) in [6.07, 6.45) is 7.05. The molecule has 1 fully saturated rings. The van der Waals surface area contributed by atoms with Crippen LogP contribution in [0.1, 0.15) is 46.0 Å². The van der Waals surface area contributed by atoms with Crippen molar-refractivity contribution in [2.75, 3.05) is 0 Å². The van der Waals surface area contributed by atoms with E-state index in [2.05, 4.69) is 20.4 Å². The van der Waals surface area contributed by atoms with Crippen LogP contribution in [-0.2, 0) is 0 Å². The van der Waals surface area contributed by atoms with Gasteiger partial charge in [-0.3, -0.25) is 0 Å². The fourth-order valence-electron chi connectivity index (χ4n) is 2.11. The zero-order valence-corrected chi connectivity index (χ0v) is 7.90. The zero-order chi connectivity index (χ0) is 8.27. The first-order valence-corrected chi connectivity index (χ1v) is 4.89. The average molecular weight is 152 g/mol. The summed E-state index contributed by atoms with van der Waals surface area (Å²) in [7, 11) is 0. The molecule has 0 nitrogen and oxygen atoms in total. The number of hydrogen-bond donors (Lipinski definition) is 0. The van der Waals surface area contributed by atoms with E-state index in [1.807, 2.05) is 0 Å². The van der Waals surface area contributed by atoms with Crippen molar-refractivity contribution in [3.05, 3.63) is 12.2 Å². The van der Waals surface area contributed by atoms with Crippen LogP contribution in [0, 0.1) is 11.8 Å². The van der Waals surface area contributed by atoms with E-state index in [0.717, 1.165) is 11.8 Å². The van der Waals surface area contributed by atoms with Crippen molar-refractivity contribution in [2.45, 2.75) is 46.0 Å². The Hall–Kier alpha value is -0.260. The van der Waals surface area contributed by atoms with Crippen molar-refractivity contribution in [3.63, 3.8) is 0 Å². The van der Waals surface area contributed by atoms with Crippen LogP contribution in [-0.4, -0.2) is 0 Å². The predicted octanol–water partition coefficient (Wildman–Crippen LogP) is 3.78. The fraction of sp³-hybridized carbons (Fsp3) is 0.818. The van der Waals surface area contributed by atoms with Gasteiger partial charge < -0.3 is 0 Å². The molecule has 0 heterocycles. The fourth-order valence-corrected chi connectivity index (χ4v) is 2.11. The zero-order valence-electron chi connectivity index (χ0n) is 7.90. The number of allylic oxidation sites excluding steroid dienone is 1. The molecular weight excluding hydrogens is 132 g/mol. The van der Waals surface area contributed by atoms with E-state index in [9.17, 15) is 0 Å².